The van der Waals surface area contributed by atoms with E-state index >= 15 is 0 Å². The van der Waals surface area contributed by atoms with E-state index in [1.165, 1.54) is 13.1 Å². The Morgan fingerprint density at radius 1 is 1.17 bits per heavy atom. The lowest BCUT2D eigenvalue weighted by Gasteiger charge is -2.12. The zero-order valence-corrected chi connectivity index (χ0v) is 14.7. The van der Waals surface area contributed by atoms with E-state index < -0.39 is 10.0 Å². The van der Waals surface area contributed by atoms with E-state index in [2.05, 4.69) is 28.9 Å². The molecule has 1 heterocycles. The van der Waals surface area contributed by atoms with Crippen LogP contribution in [0.1, 0.15) is 26.3 Å². The van der Waals surface area contributed by atoms with Crippen molar-refractivity contribution in [1.29, 1.82) is 0 Å². The van der Waals surface area contributed by atoms with Gasteiger partial charge in [-0.2, -0.15) is 0 Å². The molecule has 0 saturated carbocycles. The number of benzene rings is 1. The maximum absolute atomic E-state index is 12.5. The van der Waals surface area contributed by atoms with Crippen LogP contribution in [0.4, 0.5) is 11.5 Å². The fraction of sp³-hybridized carbons (Fsp3) is 0.294. The van der Waals surface area contributed by atoms with Crippen LogP contribution in [0.25, 0.3) is 0 Å². The number of rotatable bonds is 6. The van der Waals surface area contributed by atoms with Gasteiger partial charge in [-0.25, -0.2) is 13.4 Å². The number of anilines is 2. The van der Waals surface area contributed by atoms with Crippen LogP contribution in [0.15, 0.2) is 47.5 Å². The summed E-state index contributed by atoms with van der Waals surface area (Å²) in [6, 6.07) is 9.92. The Balaban J connectivity index is 2.24. The number of carbonyl (C=O) groups is 1. The third-order valence-corrected chi connectivity index (χ3v) is 4.61. The standard InChI is InChI=1S/C17H21N3O3S/c1-12(2)11-14-6-8-15(9-7-14)24(22,23)20-16-5-4-10-18-17(16)19-13(3)21/h4-10,12,20H,11H2,1-3H3,(H,18,19,21). The molecule has 1 aromatic heterocycles. The minimum atomic E-state index is -3.76. The molecule has 1 amide bonds. The number of amides is 1. The molecule has 2 aromatic rings. The first kappa shape index (κ1) is 17.9. The molecule has 128 valence electrons. The molecule has 0 aliphatic rings. The molecule has 6 nitrogen and oxygen atoms in total. The Morgan fingerprint density at radius 3 is 2.42 bits per heavy atom. The van der Waals surface area contributed by atoms with Crippen molar-refractivity contribution in [1.82, 2.24) is 4.98 Å². The summed E-state index contributed by atoms with van der Waals surface area (Å²) in [5.41, 5.74) is 1.31. The van der Waals surface area contributed by atoms with Gasteiger partial charge in [-0.1, -0.05) is 26.0 Å². The first-order chi connectivity index (χ1) is 11.3. The molecule has 0 atom stereocenters. The summed E-state index contributed by atoms with van der Waals surface area (Å²) in [7, 11) is -3.76. The van der Waals surface area contributed by atoms with Crippen molar-refractivity contribution < 1.29 is 13.2 Å². The Hall–Kier alpha value is -2.41. The Morgan fingerprint density at radius 2 is 1.83 bits per heavy atom. The highest BCUT2D eigenvalue weighted by molar-refractivity contribution is 7.92. The molecule has 2 rings (SSSR count). The summed E-state index contributed by atoms with van der Waals surface area (Å²) in [5, 5.41) is 2.50. The molecule has 1 aromatic carbocycles. The number of carbonyl (C=O) groups excluding carboxylic acids is 1. The smallest absolute Gasteiger partial charge is 0.262 e. The summed E-state index contributed by atoms with van der Waals surface area (Å²) < 4.78 is 27.5. The fourth-order valence-corrected chi connectivity index (χ4v) is 3.30. The predicted molar refractivity (Wildman–Crippen MR) is 94.3 cm³/mol. The number of sulfonamides is 1. The van der Waals surface area contributed by atoms with Crippen LogP contribution in [0.2, 0.25) is 0 Å². The van der Waals surface area contributed by atoms with Crippen molar-refractivity contribution in [3.05, 3.63) is 48.2 Å². The van der Waals surface area contributed by atoms with E-state index in [4.69, 9.17) is 0 Å². The molecule has 7 heteroatoms. The minimum Gasteiger partial charge on any atom is -0.309 e. The monoisotopic (exact) mass is 347 g/mol. The highest BCUT2D eigenvalue weighted by Crippen LogP contribution is 2.22. The molecule has 0 spiro atoms. The first-order valence-electron chi connectivity index (χ1n) is 7.62. The summed E-state index contributed by atoms with van der Waals surface area (Å²) in [4.78, 5) is 15.3. The van der Waals surface area contributed by atoms with Crippen molar-refractivity contribution in [2.24, 2.45) is 5.92 Å². The zero-order chi connectivity index (χ0) is 17.7. The molecule has 0 bridgehead atoms. The van der Waals surface area contributed by atoms with Crippen molar-refractivity contribution in [3.8, 4) is 0 Å². The Bertz CT molecular complexity index is 815. The topological polar surface area (TPSA) is 88.2 Å². The average Bonchev–Trinajstić information content (AvgIpc) is 2.48. The van der Waals surface area contributed by atoms with E-state index in [0.717, 1.165) is 12.0 Å². The van der Waals surface area contributed by atoms with Gasteiger partial charge in [-0.3, -0.25) is 9.52 Å². The average molecular weight is 347 g/mol. The van der Waals surface area contributed by atoms with Crippen LogP contribution >= 0.6 is 0 Å². The van der Waals surface area contributed by atoms with Gasteiger partial charge in [0.1, 0.15) is 0 Å². The summed E-state index contributed by atoms with van der Waals surface area (Å²) >= 11 is 0. The molecule has 0 saturated heterocycles. The molecule has 24 heavy (non-hydrogen) atoms. The van der Waals surface area contributed by atoms with Crippen LogP contribution in [0.3, 0.4) is 0 Å². The van der Waals surface area contributed by atoms with Crippen molar-refractivity contribution in [2.75, 3.05) is 10.0 Å². The van der Waals surface area contributed by atoms with Gasteiger partial charge in [0.05, 0.1) is 10.6 Å². The molecular formula is C17H21N3O3S. The largest absolute Gasteiger partial charge is 0.309 e. The van der Waals surface area contributed by atoms with Crippen LogP contribution in [0.5, 0.6) is 0 Å². The molecule has 0 unspecified atom stereocenters. The quantitative estimate of drug-likeness (QED) is 0.841. The number of pyridine rings is 1. The van der Waals surface area contributed by atoms with Crippen molar-refractivity contribution in [2.45, 2.75) is 32.1 Å². The number of aromatic nitrogens is 1. The number of hydrogen-bond acceptors (Lipinski definition) is 4. The van der Waals surface area contributed by atoms with E-state index in [1.54, 1.807) is 24.3 Å². The second kappa shape index (κ2) is 7.44. The number of hydrogen-bond donors (Lipinski definition) is 2. The predicted octanol–water partition coefficient (Wildman–Crippen LogP) is 3.04. The minimum absolute atomic E-state index is 0.160. The van der Waals surface area contributed by atoms with E-state index in [-0.39, 0.29) is 22.3 Å². The van der Waals surface area contributed by atoms with Gasteiger partial charge in [0.15, 0.2) is 5.82 Å². The third kappa shape index (κ3) is 4.79. The van der Waals surface area contributed by atoms with Crippen LogP contribution < -0.4 is 10.0 Å². The summed E-state index contributed by atoms with van der Waals surface area (Å²) in [5.74, 6) is 0.346. The fourth-order valence-electron chi connectivity index (χ4n) is 2.23. The van der Waals surface area contributed by atoms with E-state index in [1.807, 2.05) is 12.1 Å². The number of nitrogens with one attached hydrogen (secondary N) is 2. The van der Waals surface area contributed by atoms with Gasteiger partial charge in [0.25, 0.3) is 10.0 Å². The van der Waals surface area contributed by atoms with E-state index in [9.17, 15) is 13.2 Å². The van der Waals surface area contributed by atoms with Gasteiger partial charge < -0.3 is 5.32 Å². The highest BCUT2D eigenvalue weighted by Gasteiger charge is 2.17. The van der Waals surface area contributed by atoms with Crippen LogP contribution in [-0.4, -0.2) is 19.3 Å². The summed E-state index contributed by atoms with van der Waals surface area (Å²) in [6.07, 6.45) is 2.37. The lowest BCUT2D eigenvalue weighted by Crippen LogP contribution is -2.16. The van der Waals surface area contributed by atoms with Gasteiger partial charge in [0.2, 0.25) is 5.91 Å². The van der Waals surface area contributed by atoms with Gasteiger partial charge in [-0.15, -0.1) is 0 Å². The maximum Gasteiger partial charge on any atom is 0.262 e. The van der Waals surface area contributed by atoms with E-state index in [0.29, 0.717) is 5.92 Å². The van der Waals surface area contributed by atoms with Crippen molar-refractivity contribution in [3.63, 3.8) is 0 Å². The van der Waals surface area contributed by atoms with Crippen molar-refractivity contribution >= 4 is 27.4 Å². The maximum atomic E-state index is 12.5. The second-order valence-electron chi connectivity index (χ2n) is 5.93. The number of nitrogens with zero attached hydrogens (tertiary/aromatic N) is 1. The highest BCUT2D eigenvalue weighted by atomic mass is 32.2. The lowest BCUT2D eigenvalue weighted by molar-refractivity contribution is -0.114. The molecule has 2 N–H and O–H groups in total. The Labute approximate surface area is 142 Å². The third-order valence-electron chi connectivity index (χ3n) is 3.22. The SMILES string of the molecule is CC(=O)Nc1ncccc1NS(=O)(=O)c1ccc(CC(C)C)cc1. The molecule has 0 radical (unpaired) electrons. The summed E-state index contributed by atoms with van der Waals surface area (Å²) in [6.45, 7) is 5.55. The molecular weight excluding hydrogens is 326 g/mol. The molecule has 0 fully saturated rings. The molecule has 0 aliphatic heterocycles. The zero-order valence-electron chi connectivity index (χ0n) is 13.9. The van der Waals surface area contributed by atoms with Crippen LogP contribution in [0, 0.1) is 5.92 Å². The molecule has 0 aliphatic carbocycles. The lowest BCUT2D eigenvalue weighted by atomic mass is 10.0. The Kier molecular flexibility index (Phi) is 5.56. The van der Waals surface area contributed by atoms with Crippen LogP contribution in [-0.2, 0) is 21.2 Å². The first-order valence-corrected chi connectivity index (χ1v) is 9.10. The van der Waals surface area contributed by atoms with Gasteiger partial charge >= 0.3 is 0 Å². The normalized spacial score (nSPS) is 11.3. The van der Waals surface area contributed by atoms with Gasteiger partial charge in [0, 0.05) is 13.1 Å². The van der Waals surface area contributed by atoms with Gasteiger partial charge in [-0.05, 0) is 42.2 Å². The second-order valence-corrected chi connectivity index (χ2v) is 7.61.